The van der Waals surface area contributed by atoms with Crippen LogP contribution < -0.4 is 10.1 Å². The smallest absolute Gasteiger partial charge is 0.403 e. The van der Waals surface area contributed by atoms with Gasteiger partial charge in [0.15, 0.2) is 11.6 Å². The second-order valence-electron chi connectivity index (χ2n) is 6.02. The van der Waals surface area contributed by atoms with E-state index in [1.54, 1.807) is 31.5 Å². The molecule has 3 aromatic heterocycles. The molecule has 0 aliphatic rings. The Labute approximate surface area is 175 Å². The van der Waals surface area contributed by atoms with Crippen molar-refractivity contribution >= 4 is 32.7 Å². The molecule has 0 radical (unpaired) electrons. The molecule has 4 aromatic rings. The number of alkyl halides is 3. The predicted molar refractivity (Wildman–Crippen MR) is 103 cm³/mol. The number of benzene rings is 1. The van der Waals surface area contributed by atoms with Gasteiger partial charge < -0.3 is 10.1 Å². The molecule has 1 unspecified atom stereocenters. The minimum Gasteiger partial charge on any atom is -0.403 e. The number of hydrogen-bond donors (Lipinski definition) is 1. The minimum atomic E-state index is -4.86. The van der Waals surface area contributed by atoms with Crippen molar-refractivity contribution in [3.05, 3.63) is 53.5 Å². The van der Waals surface area contributed by atoms with Crippen LogP contribution in [0.25, 0.3) is 16.9 Å². The van der Waals surface area contributed by atoms with Crippen molar-refractivity contribution in [2.24, 2.45) is 0 Å². The van der Waals surface area contributed by atoms with E-state index in [4.69, 9.17) is 0 Å². The Morgan fingerprint density at radius 3 is 2.57 bits per heavy atom. The van der Waals surface area contributed by atoms with Crippen LogP contribution in [0.5, 0.6) is 5.75 Å². The molecule has 0 spiro atoms. The third-order valence-electron chi connectivity index (χ3n) is 3.95. The maximum atomic E-state index is 12.8. The number of nitrogens with one attached hydrogen (secondary N) is 1. The van der Waals surface area contributed by atoms with Crippen LogP contribution in [0.1, 0.15) is 18.8 Å². The lowest BCUT2D eigenvalue weighted by Gasteiger charge is -2.17. The molecular formula is C17H12BrF3N8O. The van der Waals surface area contributed by atoms with Gasteiger partial charge in [-0.3, -0.25) is 0 Å². The standard InChI is InChI=1S/C17H12BrF3N8O/c1-9(15-26-8-27-29(15)16-22-3-2-4-23-16)28-14-11-5-10(18)6-12(30-17(19,20)21)13(11)24-7-25-14/h2-9H,1H3,(H,24,25,28). The first-order chi connectivity index (χ1) is 14.3. The normalized spacial score (nSPS) is 12.7. The molecule has 13 heteroatoms. The van der Waals surface area contributed by atoms with E-state index in [0.717, 1.165) is 6.33 Å². The Hall–Kier alpha value is -3.35. The van der Waals surface area contributed by atoms with Crippen LogP contribution in [0, 0.1) is 0 Å². The first-order valence-electron chi connectivity index (χ1n) is 8.45. The number of halogens is 4. The van der Waals surface area contributed by atoms with Crippen molar-refractivity contribution in [1.29, 1.82) is 0 Å². The minimum absolute atomic E-state index is 0.00749. The van der Waals surface area contributed by atoms with Gasteiger partial charge >= 0.3 is 6.36 Å². The van der Waals surface area contributed by atoms with Gasteiger partial charge in [-0.25, -0.2) is 24.9 Å². The molecule has 0 bridgehead atoms. The van der Waals surface area contributed by atoms with Crippen LogP contribution in [0.2, 0.25) is 0 Å². The van der Waals surface area contributed by atoms with Gasteiger partial charge in [-0.1, -0.05) is 15.9 Å². The molecule has 1 atom stereocenters. The highest BCUT2D eigenvalue weighted by Crippen LogP contribution is 2.35. The zero-order valence-electron chi connectivity index (χ0n) is 15.2. The van der Waals surface area contributed by atoms with Crippen molar-refractivity contribution in [2.45, 2.75) is 19.3 Å². The summed E-state index contributed by atoms with van der Waals surface area (Å²) in [6.45, 7) is 1.79. The van der Waals surface area contributed by atoms with E-state index in [1.807, 2.05) is 0 Å². The Morgan fingerprint density at radius 2 is 1.83 bits per heavy atom. The molecule has 0 saturated heterocycles. The van der Waals surface area contributed by atoms with Gasteiger partial charge in [-0.15, -0.1) is 13.2 Å². The fourth-order valence-corrected chi connectivity index (χ4v) is 3.23. The fraction of sp³-hybridized carbons (Fsp3) is 0.176. The first kappa shape index (κ1) is 19.9. The highest BCUT2D eigenvalue weighted by Gasteiger charge is 2.32. The van der Waals surface area contributed by atoms with Crippen molar-refractivity contribution < 1.29 is 17.9 Å². The van der Waals surface area contributed by atoms with Crippen molar-refractivity contribution in [3.8, 4) is 11.7 Å². The number of fused-ring (bicyclic) bond motifs is 1. The molecule has 0 aliphatic carbocycles. The van der Waals surface area contributed by atoms with E-state index in [2.05, 4.69) is 56.0 Å². The highest BCUT2D eigenvalue weighted by atomic mass is 79.9. The predicted octanol–water partition coefficient (Wildman–Crippen LogP) is 3.83. The fourth-order valence-electron chi connectivity index (χ4n) is 2.79. The van der Waals surface area contributed by atoms with E-state index in [0.29, 0.717) is 27.4 Å². The second kappa shape index (κ2) is 7.82. The molecule has 30 heavy (non-hydrogen) atoms. The lowest BCUT2D eigenvalue weighted by atomic mass is 10.2. The third kappa shape index (κ3) is 4.15. The topological polar surface area (TPSA) is 104 Å². The number of rotatable bonds is 5. The molecule has 9 nitrogen and oxygen atoms in total. The molecule has 3 heterocycles. The van der Waals surface area contributed by atoms with E-state index in [9.17, 15) is 13.2 Å². The molecule has 1 N–H and O–H groups in total. The summed E-state index contributed by atoms with van der Waals surface area (Å²) in [5.41, 5.74) is 0.00749. The van der Waals surface area contributed by atoms with Crippen molar-refractivity contribution in [3.63, 3.8) is 0 Å². The third-order valence-corrected chi connectivity index (χ3v) is 4.41. The summed E-state index contributed by atoms with van der Waals surface area (Å²) >= 11 is 3.20. The largest absolute Gasteiger partial charge is 0.573 e. The SMILES string of the molecule is CC(Nc1ncnc2c(OC(F)(F)F)cc(Br)cc12)c1ncnn1-c1ncccn1. The van der Waals surface area contributed by atoms with Crippen LogP contribution in [-0.4, -0.2) is 41.1 Å². The molecule has 154 valence electrons. The van der Waals surface area contributed by atoms with Gasteiger partial charge in [0, 0.05) is 22.3 Å². The average molecular weight is 481 g/mol. The number of hydrogen-bond acceptors (Lipinski definition) is 8. The first-order valence-corrected chi connectivity index (χ1v) is 9.25. The zero-order chi connectivity index (χ0) is 21.3. The van der Waals surface area contributed by atoms with Crippen LogP contribution in [0.4, 0.5) is 19.0 Å². The Balaban J connectivity index is 1.71. The summed E-state index contributed by atoms with van der Waals surface area (Å²) in [6, 6.07) is 4.02. The quantitative estimate of drug-likeness (QED) is 0.459. The number of ether oxygens (including phenoxy) is 1. The monoisotopic (exact) mass is 480 g/mol. The zero-order valence-corrected chi connectivity index (χ0v) is 16.8. The summed E-state index contributed by atoms with van der Waals surface area (Å²) < 4.78 is 44.3. The van der Waals surface area contributed by atoms with Gasteiger partial charge in [0.2, 0.25) is 0 Å². The van der Waals surface area contributed by atoms with Gasteiger partial charge in [0.1, 0.15) is 24.0 Å². The molecular weight excluding hydrogens is 469 g/mol. The highest BCUT2D eigenvalue weighted by molar-refractivity contribution is 9.10. The van der Waals surface area contributed by atoms with Gasteiger partial charge in [0.25, 0.3) is 5.95 Å². The summed E-state index contributed by atoms with van der Waals surface area (Å²) in [5, 5.41) is 7.60. The number of anilines is 1. The Kier molecular flexibility index (Phi) is 5.20. The van der Waals surface area contributed by atoms with Crippen molar-refractivity contribution in [1.82, 2.24) is 34.7 Å². The number of aromatic nitrogens is 7. The van der Waals surface area contributed by atoms with E-state index >= 15 is 0 Å². The Bertz CT molecular complexity index is 1180. The average Bonchev–Trinajstić information content (AvgIpc) is 3.18. The van der Waals surface area contributed by atoms with E-state index in [1.165, 1.54) is 17.1 Å². The molecule has 4 rings (SSSR count). The lowest BCUT2D eigenvalue weighted by molar-refractivity contribution is -0.274. The van der Waals surface area contributed by atoms with Gasteiger partial charge in [-0.2, -0.15) is 9.78 Å². The van der Waals surface area contributed by atoms with Crippen LogP contribution in [0.15, 0.2) is 47.7 Å². The molecule has 0 amide bonds. The summed E-state index contributed by atoms with van der Waals surface area (Å²) in [6.07, 6.45) is 0.798. The van der Waals surface area contributed by atoms with E-state index in [-0.39, 0.29) is 5.52 Å². The molecule has 0 aliphatic heterocycles. The van der Waals surface area contributed by atoms with Crippen LogP contribution >= 0.6 is 15.9 Å². The maximum Gasteiger partial charge on any atom is 0.573 e. The molecule has 0 fully saturated rings. The van der Waals surface area contributed by atoms with Gasteiger partial charge in [-0.05, 0) is 25.1 Å². The van der Waals surface area contributed by atoms with Crippen LogP contribution in [0.3, 0.4) is 0 Å². The molecule has 0 saturated carbocycles. The van der Waals surface area contributed by atoms with Crippen molar-refractivity contribution in [2.75, 3.05) is 5.32 Å². The maximum absolute atomic E-state index is 12.8. The Morgan fingerprint density at radius 1 is 1.07 bits per heavy atom. The summed E-state index contributed by atoms with van der Waals surface area (Å²) in [4.78, 5) is 20.6. The summed E-state index contributed by atoms with van der Waals surface area (Å²) in [5.74, 6) is 0.666. The van der Waals surface area contributed by atoms with E-state index < -0.39 is 18.2 Å². The number of nitrogens with zero attached hydrogens (tertiary/aromatic N) is 7. The second-order valence-corrected chi connectivity index (χ2v) is 6.93. The summed E-state index contributed by atoms with van der Waals surface area (Å²) in [7, 11) is 0. The lowest BCUT2D eigenvalue weighted by Crippen LogP contribution is -2.18. The van der Waals surface area contributed by atoms with Gasteiger partial charge in [0.05, 0.1) is 6.04 Å². The van der Waals surface area contributed by atoms with Crippen LogP contribution in [-0.2, 0) is 0 Å². The molecule has 1 aromatic carbocycles.